The van der Waals surface area contributed by atoms with Gasteiger partial charge in [-0.05, 0) is 43.0 Å². The second-order valence-corrected chi connectivity index (χ2v) is 5.56. The number of aromatic nitrogens is 1. The van der Waals surface area contributed by atoms with Crippen LogP contribution in [-0.2, 0) is 0 Å². The van der Waals surface area contributed by atoms with Crippen molar-refractivity contribution in [3.8, 4) is 11.3 Å². The van der Waals surface area contributed by atoms with Crippen molar-refractivity contribution in [2.24, 2.45) is 5.92 Å². The highest BCUT2D eigenvalue weighted by molar-refractivity contribution is 5.93. The molecular formula is C16H17FN2O2. The highest BCUT2D eigenvalue weighted by atomic mass is 19.1. The number of amides is 1. The van der Waals surface area contributed by atoms with Crippen molar-refractivity contribution >= 4 is 5.91 Å². The fourth-order valence-electron chi connectivity index (χ4n) is 2.50. The maximum absolute atomic E-state index is 12.9. The van der Waals surface area contributed by atoms with Crippen LogP contribution >= 0.6 is 0 Å². The van der Waals surface area contributed by atoms with Crippen LogP contribution in [0.15, 0.2) is 34.9 Å². The molecule has 0 aliphatic carbocycles. The Morgan fingerprint density at radius 3 is 2.62 bits per heavy atom. The Morgan fingerprint density at radius 1 is 1.29 bits per heavy atom. The summed E-state index contributed by atoms with van der Waals surface area (Å²) in [6, 6.07) is 7.53. The largest absolute Gasteiger partial charge is 0.355 e. The van der Waals surface area contributed by atoms with E-state index in [4.69, 9.17) is 4.52 Å². The molecule has 2 heterocycles. The van der Waals surface area contributed by atoms with Crippen molar-refractivity contribution in [1.82, 2.24) is 10.1 Å². The molecule has 3 rings (SSSR count). The Morgan fingerprint density at radius 2 is 1.95 bits per heavy atom. The van der Waals surface area contributed by atoms with Gasteiger partial charge in [0.05, 0.1) is 0 Å². The standard InChI is InChI=1S/C16H17FN2O2/c1-11-6-8-19(9-7-11)16(20)14-10-15(21-18-14)12-2-4-13(17)5-3-12/h2-5,10-11H,6-9H2,1H3. The topological polar surface area (TPSA) is 46.3 Å². The first-order valence-corrected chi connectivity index (χ1v) is 7.15. The van der Waals surface area contributed by atoms with E-state index in [2.05, 4.69) is 12.1 Å². The first-order chi connectivity index (χ1) is 10.1. The minimum Gasteiger partial charge on any atom is -0.355 e. The lowest BCUT2D eigenvalue weighted by Crippen LogP contribution is -2.38. The first-order valence-electron chi connectivity index (χ1n) is 7.15. The van der Waals surface area contributed by atoms with E-state index in [-0.39, 0.29) is 11.7 Å². The summed E-state index contributed by atoms with van der Waals surface area (Å²) < 4.78 is 18.1. The van der Waals surface area contributed by atoms with E-state index in [0.717, 1.165) is 25.9 Å². The van der Waals surface area contributed by atoms with Gasteiger partial charge in [0.15, 0.2) is 11.5 Å². The molecule has 1 aromatic heterocycles. The lowest BCUT2D eigenvalue weighted by molar-refractivity contribution is 0.0687. The van der Waals surface area contributed by atoms with E-state index in [9.17, 15) is 9.18 Å². The van der Waals surface area contributed by atoms with Crippen LogP contribution in [0.2, 0.25) is 0 Å². The molecule has 1 saturated heterocycles. The van der Waals surface area contributed by atoms with Crippen LogP contribution < -0.4 is 0 Å². The summed E-state index contributed by atoms with van der Waals surface area (Å²) in [7, 11) is 0. The lowest BCUT2D eigenvalue weighted by atomic mass is 9.99. The van der Waals surface area contributed by atoms with Gasteiger partial charge in [0.1, 0.15) is 5.82 Å². The number of piperidine rings is 1. The third kappa shape index (κ3) is 2.96. The molecule has 1 aliphatic rings. The van der Waals surface area contributed by atoms with Gasteiger partial charge < -0.3 is 9.42 Å². The van der Waals surface area contributed by atoms with Gasteiger partial charge in [0.25, 0.3) is 5.91 Å². The van der Waals surface area contributed by atoms with Crippen molar-refractivity contribution in [3.63, 3.8) is 0 Å². The average molecular weight is 288 g/mol. The van der Waals surface area contributed by atoms with Crippen LogP contribution in [0.4, 0.5) is 4.39 Å². The van der Waals surface area contributed by atoms with Gasteiger partial charge >= 0.3 is 0 Å². The molecule has 110 valence electrons. The van der Waals surface area contributed by atoms with Crippen molar-refractivity contribution in [2.45, 2.75) is 19.8 Å². The van der Waals surface area contributed by atoms with E-state index in [1.54, 1.807) is 18.2 Å². The molecule has 0 saturated carbocycles. The second-order valence-electron chi connectivity index (χ2n) is 5.56. The Hall–Kier alpha value is -2.17. The Labute approximate surface area is 122 Å². The fraction of sp³-hybridized carbons (Fsp3) is 0.375. The summed E-state index contributed by atoms with van der Waals surface area (Å²) in [6.45, 7) is 3.72. The number of rotatable bonds is 2. The predicted molar refractivity (Wildman–Crippen MR) is 76.2 cm³/mol. The van der Waals surface area contributed by atoms with Crippen molar-refractivity contribution in [1.29, 1.82) is 0 Å². The molecule has 2 aromatic rings. The Balaban J connectivity index is 1.75. The monoisotopic (exact) mass is 288 g/mol. The molecule has 5 heteroatoms. The lowest BCUT2D eigenvalue weighted by Gasteiger charge is -2.29. The number of hydrogen-bond acceptors (Lipinski definition) is 3. The number of hydrogen-bond donors (Lipinski definition) is 0. The van der Waals surface area contributed by atoms with Crippen LogP contribution in [0.25, 0.3) is 11.3 Å². The third-order valence-corrected chi connectivity index (χ3v) is 3.93. The number of carbonyl (C=O) groups excluding carboxylic acids is 1. The maximum atomic E-state index is 12.9. The molecule has 0 radical (unpaired) electrons. The van der Waals surface area contributed by atoms with Gasteiger partial charge in [0.2, 0.25) is 0 Å². The molecule has 0 N–H and O–H groups in total. The van der Waals surface area contributed by atoms with Gasteiger partial charge in [-0.2, -0.15) is 0 Å². The normalized spacial score (nSPS) is 16.2. The van der Waals surface area contributed by atoms with Gasteiger partial charge in [0, 0.05) is 24.7 Å². The maximum Gasteiger partial charge on any atom is 0.276 e. The van der Waals surface area contributed by atoms with Crippen LogP contribution in [0.1, 0.15) is 30.3 Å². The van der Waals surface area contributed by atoms with Gasteiger partial charge in [-0.25, -0.2) is 4.39 Å². The summed E-state index contributed by atoms with van der Waals surface area (Å²) in [5.41, 5.74) is 1.01. The van der Waals surface area contributed by atoms with Crippen molar-refractivity contribution in [2.75, 3.05) is 13.1 Å². The summed E-state index contributed by atoms with van der Waals surface area (Å²) in [5.74, 6) is 0.737. The molecule has 0 atom stereocenters. The minimum atomic E-state index is -0.308. The average Bonchev–Trinajstić information content (AvgIpc) is 2.98. The number of carbonyl (C=O) groups is 1. The van der Waals surface area contributed by atoms with Crippen LogP contribution in [0.5, 0.6) is 0 Å². The SMILES string of the molecule is CC1CCN(C(=O)c2cc(-c3ccc(F)cc3)on2)CC1. The highest BCUT2D eigenvalue weighted by Gasteiger charge is 2.24. The summed E-state index contributed by atoms with van der Waals surface area (Å²) in [6.07, 6.45) is 2.04. The van der Waals surface area contributed by atoms with Crippen molar-refractivity contribution < 1.29 is 13.7 Å². The third-order valence-electron chi connectivity index (χ3n) is 3.93. The Bertz CT molecular complexity index is 628. The molecule has 0 spiro atoms. The van der Waals surface area contributed by atoms with Gasteiger partial charge in [-0.15, -0.1) is 0 Å². The molecule has 1 aromatic carbocycles. The minimum absolute atomic E-state index is 0.0981. The molecule has 1 aliphatic heterocycles. The molecule has 1 amide bonds. The smallest absolute Gasteiger partial charge is 0.276 e. The van der Waals surface area contributed by atoms with Crippen molar-refractivity contribution in [3.05, 3.63) is 41.8 Å². The summed E-state index contributed by atoms with van der Waals surface area (Å²) >= 11 is 0. The zero-order chi connectivity index (χ0) is 14.8. The van der Waals surface area contributed by atoms with E-state index >= 15 is 0 Å². The summed E-state index contributed by atoms with van der Waals surface area (Å²) in [4.78, 5) is 14.2. The van der Waals surface area contributed by atoms with Crippen LogP contribution in [0.3, 0.4) is 0 Å². The van der Waals surface area contributed by atoms with E-state index < -0.39 is 0 Å². The molecule has 4 nitrogen and oxygen atoms in total. The number of benzene rings is 1. The number of likely N-dealkylation sites (tertiary alicyclic amines) is 1. The predicted octanol–water partition coefficient (Wildman–Crippen LogP) is 3.35. The van der Waals surface area contributed by atoms with Crippen LogP contribution in [-0.4, -0.2) is 29.1 Å². The molecular weight excluding hydrogens is 271 g/mol. The Kier molecular flexibility index (Phi) is 3.73. The van der Waals surface area contributed by atoms with E-state index in [1.807, 2.05) is 4.90 Å². The zero-order valence-electron chi connectivity index (χ0n) is 11.9. The quantitative estimate of drug-likeness (QED) is 0.851. The van der Waals surface area contributed by atoms with Crippen LogP contribution in [0, 0.1) is 11.7 Å². The molecule has 0 bridgehead atoms. The summed E-state index contributed by atoms with van der Waals surface area (Å²) in [5, 5.41) is 3.85. The second kappa shape index (κ2) is 5.68. The number of nitrogens with zero attached hydrogens (tertiary/aromatic N) is 2. The van der Waals surface area contributed by atoms with E-state index in [1.165, 1.54) is 12.1 Å². The van der Waals surface area contributed by atoms with E-state index in [0.29, 0.717) is 22.9 Å². The molecule has 21 heavy (non-hydrogen) atoms. The number of halogens is 1. The molecule has 0 unspecified atom stereocenters. The zero-order valence-corrected chi connectivity index (χ0v) is 11.9. The molecule has 1 fully saturated rings. The first kappa shape index (κ1) is 13.8. The van der Waals surface area contributed by atoms with Gasteiger partial charge in [-0.3, -0.25) is 4.79 Å². The fourth-order valence-corrected chi connectivity index (χ4v) is 2.50. The van der Waals surface area contributed by atoms with Gasteiger partial charge in [-0.1, -0.05) is 12.1 Å². The highest BCUT2D eigenvalue weighted by Crippen LogP contribution is 2.23.